The first-order chi connectivity index (χ1) is 7.65. The molecule has 0 aromatic heterocycles. The number of carbonyl (C=O) groups excluding carboxylic acids is 2. The first kappa shape index (κ1) is 15.0. The predicted octanol–water partition coefficient (Wildman–Crippen LogP) is 1.11. The quantitative estimate of drug-likeness (QED) is 0.553. The number of hydrogen-bond acceptors (Lipinski definition) is 2. The molecule has 1 N–H and O–H groups in total. The third-order valence-corrected chi connectivity index (χ3v) is 2.07. The zero-order valence-corrected chi connectivity index (χ0v) is 10.3. The van der Waals surface area contributed by atoms with Crippen molar-refractivity contribution in [1.82, 2.24) is 10.2 Å². The van der Waals surface area contributed by atoms with Crippen LogP contribution in [0.15, 0.2) is 24.3 Å². The second kappa shape index (κ2) is 9.24. The fraction of sp³-hybridized carbons (Fsp3) is 0.400. The van der Waals surface area contributed by atoms with Crippen molar-refractivity contribution >= 4 is 35.0 Å². The normalized spacial score (nSPS) is 10.1. The smallest absolute Gasteiger partial charge is 0.239 e. The average Bonchev–Trinajstić information content (AvgIpc) is 2.30. The van der Waals surface area contributed by atoms with Crippen LogP contribution < -0.4 is 5.32 Å². The minimum Gasteiger partial charge on any atom is -0.351 e. The third-order valence-electron chi connectivity index (χ3n) is 1.66. The Hall–Kier alpha value is -1.000. The second-order valence-corrected chi connectivity index (χ2v) is 3.38. The van der Waals surface area contributed by atoms with Gasteiger partial charge in [0.15, 0.2) is 0 Å². The fourth-order valence-corrected chi connectivity index (χ4v) is 1.17. The molecule has 0 saturated heterocycles. The largest absolute Gasteiger partial charge is 0.351 e. The number of halogens is 2. The van der Waals surface area contributed by atoms with Gasteiger partial charge in [-0.1, -0.05) is 23.8 Å². The highest BCUT2D eigenvalue weighted by atomic mass is 35.5. The first-order valence-corrected chi connectivity index (χ1v) is 5.59. The Morgan fingerprint density at radius 2 is 2.12 bits per heavy atom. The molecule has 0 saturated carbocycles. The lowest BCUT2D eigenvalue weighted by Gasteiger charge is -2.19. The summed E-state index contributed by atoms with van der Waals surface area (Å²) in [6, 6.07) is 0. The zero-order chi connectivity index (χ0) is 12.4. The number of rotatable bonds is 7. The average molecular weight is 265 g/mol. The summed E-state index contributed by atoms with van der Waals surface area (Å²) < 4.78 is 0. The summed E-state index contributed by atoms with van der Waals surface area (Å²) >= 11 is 10.8. The van der Waals surface area contributed by atoms with Crippen LogP contribution in [-0.4, -0.2) is 42.2 Å². The van der Waals surface area contributed by atoms with Crippen LogP contribution in [0.1, 0.15) is 0 Å². The van der Waals surface area contributed by atoms with Gasteiger partial charge in [-0.05, 0) is 0 Å². The molecular weight excluding hydrogens is 251 g/mol. The van der Waals surface area contributed by atoms with Crippen molar-refractivity contribution in [3.63, 3.8) is 0 Å². The van der Waals surface area contributed by atoms with Crippen LogP contribution in [0.3, 0.4) is 0 Å². The number of alkyl halides is 1. The van der Waals surface area contributed by atoms with E-state index in [9.17, 15) is 9.59 Å². The number of nitrogens with zero attached hydrogens (tertiary/aromatic N) is 1. The summed E-state index contributed by atoms with van der Waals surface area (Å²) in [5.41, 5.74) is 1.29. The topological polar surface area (TPSA) is 49.4 Å². The summed E-state index contributed by atoms with van der Waals surface area (Å²) in [4.78, 5) is 24.0. The van der Waals surface area contributed by atoms with Crippen LogP contribution in [0.25, 0.3) is 0 Å². The number of amides is 2. The highest BCUT2D eigenvalue weighted by Gasteiger charge is 2.14. The van der Waals surface area contributed by atoms with Crippen LogP contribution in [-0.2, 0) is 9.59 Å². The van der Waals surface area contributed by atoms with E-state index >= 15 is 0 Å². The van der Waals surface area contributed by atoms with Crippen molar-refractivity contribution < 1.29 is 9.59 Å². The van der Waals surface area contributed by atoms with Gasteiger partial charge in [-0.3, -0.25) is 9.59 Å². The van der Waals surface area contributed by atoms with E-state index in [1.54, 1.807) is 12.2 Å². The Bertz CT molecular complexity index is 280. The van der Waals surface area contributed by atoms with Crippen LogP contribution in [0.2, 0.25) is 0 Å². The van der Waals surface area contributed by atoms with Crippen molar-refractivity contribution in [2.24, 2.45) is 0 Å². The van der Waals surface area contributed by atoms with Crippen molar-refractivity contribution in [3.05, 3.63) is 24.3 Å². The third kappa shape index (κ3) is 6.48. The Morgan fingerprint density at radius 3 is 2.62 bits per heavy atom. The Balaban J connectivity index is 4.24. The van der Waals surface area contributed by atoms with Gasteiger partial charge in [0.05, 0.1) is 6.54 Å². The fourth-order valence-electron chi connectivity index (χ4n) is 0.921. The highest BCUT2D eigenvalue weighted by Crippen LogP contribution is 1.94. The molecule has 0 aliphatic heterocycles. The Labute approximate surface area is 105 Å². The van der Waals surface area contributed by atoms with E-state index in [-0.39, 0.29) is 30.8 Å². The van der Waals surface area contributed by atoms with Gasteiger partial charge in [-0.25, -0.2) is 0 Å². The summed E-state index contributed by atoms with van der Waals surface area (Å²) in [5.74, 6) is -0.739. The van der Waals surface area contributed by atoms with Gasteiger partial charge in [0.1, 0.15) is 5.88 Å². The van der Waals surface area contributed by atoms with Gasteiger partial charge in [0.25, 0.3) is 0 Å². The van der Waals surface area contributed by atoms with Crippen LogP contribution >= 0.6 is 23.2 Å². The molecule has 0 aliphatic rings. The molecule has 0 aromatic rings. The SMILES string of the molecule is C=CCNC(=O)CN(C/C=C\Cl)C(=O)CCl. The van der Waals surface area contributed by atoms with Crippen molar-refractivity contribution in [1.29, 1.82) is 0 Å². The first-order valence-electron chi connectivity index (χ1n) is 4.62. The van der Waals surface area contributed by atoms with E-state index in [0.29, 0.717) is 6.54 Å². The van der Waals surface area contributed by atoms with Crippen LogP contribution in [0, 0.1) is 0 Å². The number of hydrogen-bond donors (Lipinski definition) is 1. The summed E-state index contributed by atoms with van der Waals surface area (Å²) in [6.07, 6.45) is 3.12. The van der Waals surface area contributed by atoms with Gasteiger partial charge in [-0.2, -0.15) is 0 Å². The predicted molar refractivity (Wildman–Crippen MR) is 65.5 cm³/mol. The monoisotopic (exact) mass is 264 g/mol. The van der Waals surface area contributed by atoms with Gasteiger partial charge >= 0.3 is 0 Å². The molecule has 2 amide bonds. The maximum absolute atomic E-state index is 11.3. The number of carbonyl (C=O) groups is 2. The van der Waals surface area contributed by atoms with Crippen molar-refractivity contribution in [2.75, 3.05) is 25.5 Å². The van der Waals surface area contributed by atoms with Crippen LogP contribution in [0.5, 0.6) is 0 Å². The summed E-state index contributed by atoms with van der Waals surface area (Å²) in [5, 5.41) is 2.57. The molecule has 16 heavy (non-hydrogen) atoms. The molecule has 0 fully saturated rings. The molecule has 0 spiro atoms. The minimum atomic E-state index is -0.315. The van der Waals surface area contributed by atoms with Crippen molar-refractivity contribution in [2.45, 2.75) is 0 Å². The summed E-state index contributed by atoms with van der Waals surface area (Å²) in [6.45, 7) is 4.06. The molecule has 0 aromatic carbocycles. The van der Waals surface area contributed by atoms with E-state index < -0.39 is 0 Å². The zero-order valence-electron chi connectivity index (χ0n) is 8.79. The van der Waals surface area contributed by atoms with Gasteiger partial charge in [0, 0.05) is 18.6 Å². The van der Waals surface area contributed by atoms with E-state index in [4.69, 9.17) is 23.2 Å². The molecule has 6 heteroatoms. The molecule has 90 valence electrons. The van der Waals surface area contributed by atoms with E-state index in [1.807, 2.05) is 0 Å². The lowest BCUT2D eigenvalue weighted by atomic mass is 10.4. The van der Waals surface area contributed by atoms with E-state index in [1.165, 1.54) is 10.4 Å². The molecule has 0 radical (unpaired) electrons. The highest BCUT2D eigenvalue weighted by molar-refractivity contribution is 6.27. The van der Waals surface area contributed by atoms with Gasteiger partial charge in [0.2, 0.25) is 11.8 Å². The number of nitrogens with one attached hydrogen (secondary N) is 1. The molecule has 0 atom stereocenters. The van der Waals surface area contributed by atoms with Gasteiger partial charge in [-0.15, -0.1) is 18.2 Å². The van der Waals surface area contributed by atoms with Gasteiger partial charge < -0.3 is 10.2 Å². The lowest BCUT2D eigenvalue weighted by Crippen LogP contribution is -2.41. The molecule has 0 heterocycles. The standard InChI is InChI=1S/C10H14Cl2N2O2/c1-2-5-13-9(15)8-14(6-3-4-11)10(16)7-12/h2-4H,1,5-8H2,(H,13,15)/b4-3-. The maximum atomic E-state index is 11.3. The minimum absolute atomic E-state index is 0.0410. The second-order valence-electron chi connectivity index (χ2n) is 2.86. The van der Waals surface area contributed by atoms with Crippen molar-refractivity contribution in [3.8, 4) is 0 Å². The molecule has 0 aliphatic carbocycles. The van der Waals surface area contributed by atoms with E-state index in [0.717, 1.165) is 0 Å². The summed E-state index contributed by atoms with van der Waals surface area (Å²) in [7, 11) is 0. The van der Waals surface area contributed by atoms with Crippen LogP contribution in [0.4, 0.5) is 0 Å². The molecule has 0 bridgehead atoms. The van der Waals surface area contributed by atoms with E-state index in [2.05, 4.69) is 11.9 Å². The maximum Gasteiger partial charge on any atom is 0.239 e. The Kier molecular flexibility index (Phi) is 8.66. The molecule has 4 nitrogen and oxygen atoms in total. The molecular formula is C10H14Cl2N2O2. The Morgan fingerprint density at radius 1 is 1.44 bits per heavy atom. The lowest BCUT2D eigenvalue weighted by molar-refractivity contribution is -0.133. The molecule has 0 unspecified atom stereocenters. The molecule has 0 rings (SSSR count).